The molecule has 1 saturated heterocycles. The molecule has 1 aliphatic carbocycles. The van der Waals surface area contributed by atoms with E-state index in [1.165, 1.54) is 19.3 Å². The van der Waals surface area contributed by atoms with Gasteiger partial charge in [0.15, 0.2) is 11.9 Å². The molecule has 3 atom stereocenters. The molecule has 1 aliphatic heterocycles. The zero-order chi connectivity index (χ0) is 16.0. The summed E-state index contributed by atoms with van der Waals surface area (Å²) in [6.07, 6.45) is 7.85. The molecule has 2 aliphatic rings. The first-order valence-electron chi connectivity index (χ1n) is 8.58. The predicted octanol–water partition coefficient (Wildman–Crippen LogP) is 3.22. The Balaban J connectivity index is 1.68. The molecule has 0 aromatic heterocycles. The summed E-state index contributed by atoms with van der Waals surface area (Å²) in [6, 6.07) is 0. The van der Waals surface area contributed by atoms with Gasteiger partial charge in [-0.05, 0) is 64.2 Å². The topological polar surface area (TPSA) is 65.0 Å². The van der Waals surface area contributed by atoms with E-state index in [0.717, 1.165) is 38.9 Å². The smallest absolute Gasteiger partial charge is 0.335 e. The summed E-state index contributed by atoms with van der Waals surface area (Å²) in [4.78, 5) is 11.1. The molecule has 0 spiro atoms. The molecular weight excluding hydrogens is 284 g/mol. The highest BCUT2D eigenvalue weighted by Gasteiger charge is 2.31. The molecule has 22 heavy (non-hydrogen) atoms. The number of carboxylic acid groups (broad SMARTS) is 1. The highest BCUT2D eigenvalue weighted by Crippen LogP contribution is 2.31. The highest BCUT2D eigenvalue weighted by atomic mass is 16.7. The molecule has 5 nitrogen and oxygen atoms in total. The Morgan fingerprint density at radius 1 is 1.14 bits per heavy atom. The molecule has 1 heterocycles. The number of carbonyl (C=O) groups is 1. The van der Waals surface area contributed by atoms with Crippen LogP contribution in [-0.4, -0.2) is 42.8 Å². The standard InChI is InChI=1S/C17H30O5/c1-17(2,16(18)19)22-12-14-7-5-6-13(10-14)11-21-15-8-3-4-9-20-15/h13-15H,3-12H2,1-2H3,(H,18,19)/t13-,14?,15?/m0/s1. The van der Waals surface area contributed by atoms with E-state index in [1.54, 1.807) is 13.8 Å². The van der Waals surface area contributed by atoms with Gasteiger partial charge in [0.25, 0.3) is 0 Å². The van der Waals surface area contributed by atoms with Gasteiger partial charge in [0.2, 0.25) is 0 Å². The van der Waals surface area contributed by atoms with E-state index < -0.39 is 11.6 Å². The average molecular weight is 314 g/mol. The summed E-state index contributed by atoms with van der Waals surface area (Å²) in [7, 11) is 0. The fourth-order valence-electron chi connectivity index (χ4n) is 3.18. The summed E-state index contributed by atoms with van der Waals surface area (Å²) in [5.74, 6) is 0.0757. The first-order chi connectivity index (χ1) is 10.5. The van der Waals surface area contributed by atoms with Crippen molar-refractivity contribution in [2.24, 2.45) is 11.8 Å². The van der Waals surface area contributed by atoms with Crippen LogP contribution in [0.1, 0.15) is 58.8 Å². The second kappa shape index (κ2) is 8.27. The third-order valence-electron chi connectivity index (χ3n) is 4.74. The Morgan fingerprint density at radius 2 is 1.86 bits per heavy atom. The van der Waals surface area contributed by atoms with Gasteiger partial charge in [-0.25, -0.2) is 4.79 Å². The molecular formula is C17H30O5. The molecule has 0 aromatic carbocycles. The number of rotatable bonds is 7. The van der Waals surface area contributed by atoms with Gasteiger partial charge in [-0.2, -0.15) is 0 Å². The lowest BCUT2D eigenvalue weighted by atomic mass is 9.82. The van der Waals surface area contributed by atoms with Crippen molar-refractivity contribution >= 4 is 5.97 Å². The normalized spacial score (nSPS) is 30.2. The molecule has 5 heteroatoms. The maximum Gasteiger partial charge on any atom is 0.335 e. The van der Waals surface area contributed by atoms with Gasteiger partial charge in [-0.3, -0.25) is 0 Å². The van der Waals surface area contributed by atoms with Gasteiger partial charge in [-0.15, -0.1) is 0 Å². The van der Waals surface area contributed by atoms with Gasteiger partial charge < -0.3 is 19.3 Å². The van der Waals surface area contributed by atoms with Crippen molar-refractivity contribution in [3.8, 4) is 0 Å². The summed E-state index contributed by atoms with van der Waals surface area (Å²) in [5, 5.41) is 9.09. The predicted molar refractivity (Wildman–Crippen MR) is 82.7 cm³/mol. The van der Waals surface area contributed by atoms with Crippen LogP contribution in [0.3, 0.4) is 0 Å². The van der Waals surface area contributed by atoms with Gasteiger partial charge in [0.05, 0.1) is 13.2 Å². The Kier molecular flexibility index (Phi) is 6.66. The monoisotopic (exact) mass is 314 g/mol. The molecule has 2 fully saturated rings. The number of hydrogen-bond acceptors (Lipinski definition) is 4. The maximum absolute atomic E-state index is 11.1. The van der Waals surface area contributed by atoms with Gasteiger partial charge in [0.1, 0.15) is 0 Å². The highest BCUT2D eigenvalue weighted by molar-refractivity contribution is 5.76. The van der Waals surface area contributed by atoms with Crippen LogP contribution in [0.2, 0.25) is 0 Å². The minimum Gasteiger partial charge on any atom is -0.479 e. The minimum atomic E-state index is -1.10. The van der Waals surface area contributed by atoms with Crippen molar-refractivity contribution in [3.05, 3.63) is 0 Å². The van der Waals surface area contributed by atoms with Crippen molar-refractivity contribution in [2.75, 3.05) is 19.8 Å². The molecule has 1 saturated carbocycles. The van der Waals surface area contributed by atoms with Crippen LogP contribution in [0.25, 0.3) is 0 Å². The van der Waals surface area contributed by atoms with Gasteiger partial charge in [0, 0.05) is 6.61 Å². The molecule has 128 valence electrons. The lowest BCUT2D eigenvalue weighted by Crippen LogP contribution is -2.37. The lowest BCUT2D eigenvalue weighted by Gasteiger charge is -2.32. The van der Waals surface area contributed by atoms with E-state index in [4.69, 9.17) is 19.3 Å². The molecule has 2 rings (SSSR count). The van der Waals surface area contributed by atoms with Crippen molar-refractivity contribution in [2.45, 2.75) is 70.7 Å². The molecule has 0 aromatic rings. The fourth-order valence-corrected chi connectivity index (χ4v) is 3.18. The average Bonchev–Trinajstić information content (AvgIpc) is 2.52. The second-order valence-electron chi connectivity index (χ2n) is 7.15. The molecule has 1 N–H and O–H groups in total. The van der Waals surface area contributed by atoms with Crippen LogP contribution in [0.4, 0.5) is 0 Å². The van der Waals surface area contributed by atoms with Crippen molar-refractivity contribution in [1.82, 2.24) is 0 Å². The Hall–Kier alpha value is -0.650. The van der Waals surface area contributed by atoms with E-state index in [0.29, 0.717) is 18.4 Å². The Labute approximate surface area is 133 Å². The third kappa shape index (κ3) is 5.52. The fraction of sp³-hybridized carbons (Fsp3) is 0.941. The zero-order valence-electron chi connectivity index (χ0n) is 13.9. The Morgan fingerprint density at radius 3 is 2.50 bits per heavy atom. The maximum atomic E-state index is 11.1. The first kappa shape index (κ1) is 17.7. The van der Waals surface area contributed by atoms with Crippen LogP contribution in [0.5, 0.6) is 0 Å². The second-order valence-corrected chi connectivity index (χ2v) is 7.15. The van der Waals surface area contributed by atoms with Crippen LogP contribution in [-0.2, 0) is 19.0 Å². The summed E-state index contributed by atoms with van der Waals surface area (Å²) in [6.45, 7) is 5.31. The third-order valence-corrected chi connectivity index (χ3v) is 4.74. The van der Waals surface area contributed by atoms with Crippen molar-refractivity contribution in [3.63, 3.8) is 0 Å². The quantitative estimate of drug-likeness (QED) is 0.781. The summed E-state index contributed by atoms with van der Waals surface area (Å²) < 4.78 is 17.1. The van der Waals surface area contributed by atoms with E-state index in [-0.39, 0.29) is 6.29 Å². The number of ether oxygens (including phenoxy) is 3. The van der Waals surface area contributed by atoms with Gasteiger partial charge >= 0.3 is 5.97 Å². The van der Waals surface area contributed by atoms with E-state index in [1.807, 2.05) is 0 Å². The van der Waals surface area contributed by atoms with E-state index in [9.17, 15) is 4.79 Å². The minimum absolute atomic E-state index is 0.0173. The number of hydrogen-bond donors (Lipinski definition) is 1. The number of carboxylic acids is 1. The zero-order valence-corrected chi connectivity index (χ0v) is 13.9. The SMILES string of the molecule is CC(C)(OCC1CCC[C@H](COC2CCCCO2)C1)C(=O)O. The molecule has 0 radical (unpaired) electrons. The molecule has 0 amide bonds. The number of aliphatic carboxylic acids is 1. The van der Waals surface area contributed by atoms with Crippen LogP contribution >= 0.6 is 0 Å². The Bertz CT molecular complexity index is 349. The molecule has 2 unspecified atom stereocenters. The van der Waals surface area contributed by atoms with Crippen molar-refractivity contribution < 1.29 is 24.1 Å². The van der Waals surface area contributed by atoms with E-state index >= 15 is 0 Å². The van der Waals surface area contributed by atoms with Crippen molar-refractivity contribution in [1.29, 1.82) is 0 Å². The van der Waals surface area contributed by atoms with E-state index in [2.05, 4.69) is 0 Å². The van der Waals surface area contributed by atoms with Crippen LogP contribution < -0.4 is 0 Å². The largest absolute Gasteiger partial charge is 0.479 e. The lowest BCUT2D eigenvalue weighted by molar-refractivity contribution is -0.173. The van der Waals surface area contributed by atoms with Crippen LogP contribution in [0.15, 0.2) is 0 Å². The summed E-state index contributed by atoms with van der Waals surface area (Å²) >= 11 is 0. The first-order valence-corrected chi connectivity index (χ1v) is 8.58. The van der Waals surface area contributed by atoms with Gasteiger partial charge in [-0.1, -0.05) is 6.42 Å². The summed E-state index contributed by atoms with van der Waals surface area (Å²) in [5.41, 5.74) is -1.10. The van der Waals surface area contributed by atoms with Crippen LogP contribution in [0, 0.1) is 11.8 Å². The molecule has 0 bridgehead atoms.